The molecule has 1 aromatic heterocycles. The number of aromatic nitrogens is 1. The molecule has 108 valence electrons. The van der Waals surface area contributed by atoms with Gasteiger partial charge >= 0.3 is 0 Å². The Kier molecular flexibility index (Phi) is 4.81. The zero-order valence-corrected chi connectivity index (χ0v) is 13.5. The summed E-state index contributed by atoms with van der Waals surface area (Å²) in [5, 5.41) is 13.3. The minimum absolute atomic E-state index is 0.434. The second-order valence-electron chi connectivity index (χ2n) is 4.49. The van der Waals surface area contributed by atoms with E-state index >= 15 is 0 Å². The van der Waals surface area contributed by atoms with Crippen LogP contribution < -0.4 is 5.32 Å². The van der Waals surface area contributed by atoms with Crippen LogP contribution in [0.2, 0.25) is 5.02 Å². The van der Waals surface area contributed by atoms with Crippen LogP contribution >= 0.6 is 27.5 Å². The largest absolute Gasteiger partial charge is 0.362 e. The first-order valence-corrected chi connectivity index (χ1v) is 7.44. The van der Waals surface area contributed by atoms with Crippen LogP contribution in [-0.2, 0) is 5.54 Å². The summed E-state index contributed by atoms with van der Waals surface area (Å²) in [7, 11) is 0. The van der Waals surface area contributed by atoms with E-state index < -0.39 is 11.4 Å². The molecule has 3 nitrogen and oxygen atoms in total. The molecule has 21 heavy (non-hydrogen) atoms. The van der Waals surface area contributed by atoms with E-state index in [2.05, 4.69) is 32.3 Å². The fraction of sp³-hybridized carbons (Fsp3) is 0.200. The van der Waals surface area contributed by atoms with Gasteiger partial charge in [0.15, 0.2) is 5.54 Å². The predicted octanol–water partition coefficient (Wildman–Crippen LogP) is 4.88. The summed E-state index contributed by atoms with van der Waals surface area (Å²) in [6.45, 7) is 1.87. The number of rotatable bonds is 4. The molecule has 1 aromatic carbocycles. The first-order chi connectivity index (χ1) is 10.0. The molecule has 0 spiro atoms. The SMILES string of the molecule is CCC(C#N)(Nc1ccc(Cl)c(Br)c1)c1ccc(F)cn1. The van der Waals surface area contributed by atoms with E-state index in [-0.39, 0.29) is 0 Å². The van der Waals surface area contributed by atoms with Crippen LogP contribution in [0.1, 0.15) is 19.0 Å². The third-order valence-electron chi connectivity index (χ3n) is 3.16. The number of nitriles is 1. The summed E-state index contributed by atoms with van der Waals surface area (Å²) >= 11 is 9.30. The first kappa shape index (κ1) is 15.7. The van der Waals surface area contributed by atoms with Gasteiger partial charge in [0.05, 0.1) is 23.0 Å². The van der Waals surface area contributed by atoms with Gasteiger partial charge in [-0.15, -0.1) is 0 Å². The molecular formula is C15H12BrClFN3. The van der Waals surface area contributed by atoms with Gasteiger partial charge in [0.1, 0.15) is 5.82 Å². The van der Waals surface area contributed by atoms with E-state index in [1.807, 2.05) is 6.92 Å². The van der Waals surface area contributed by atoms with Gasteiger partial charge in [-0.1, -0.05) is 18.5 Å². The molecule has 1 unspecified atom stereocenters. The zero-order valence-electron chi connectivity index (χ0n) is 11.2. The smallest absolute Gasteiger partial charge is 0.167 e. The number of pyridine rings is 1. The van der Waals surface area contributed by atoms with Crippen molar-refractivity contribution in [3.8, 4) is 6.07 Å². The lowest BCUT2D eigenvalue weighted by Gasteiger charge is -2.27. The number of anilines is 1. The maximum atomic E-state index is 13.0. The van der Waals surface area contributed by atoms with Crippen molar-refractivity contribution in [1.29, 1.82) is 5.26 Å². The van der Waals surface area contributed by atoms with E-state index in [1.165, 1.54) is 12.1 Å². The normalized spacial score (nSPS) is 13.3. The maximum absolute atomic E-state index is 13.0. The quantitative estimate of drug-likeness (QED) is 0.837. The van der Waals surface area contributed by atoms with E-state index in [4.69, 9.17) is 11.6 Å². The second-order valence-corrected chi connectivity index (χ2v) is 5.75. The zero-order chi connectivity index (χ0) is 15.5. The van der Waals surface area contributed by atoms with Crippen molar-refractivity contribution in [2.24, 2.45) is 0 Å². The molecule has 0 aliphatic carbocycles. The molecule has 6 heteroatoms. The van der Waals surface area contributed by atoms with Gasteiger partial charge in [-0.3, -0.25) is 4.98 Å². The maximum Gasteiger partial charge on any atom is 0.167 e. The molecule has 2 rings (SSSR count). The van der Waals surface area contributed by atoms with E-state index in [0.29, 0.717) is 17.1 Å². The number of hydrogen-bond acceptors (Lipinski definition) is 3. The minimum atomic E-state index is -1.03. The Labute approximate surface area is 135 Å². The standard InChI is InChI=1S/C15H12BrClFN3/c1-2-15(9-19,14-6-3-10(18)8-20-14)21-11-4-5-13(17)12(16)7-11/h3-8,21H,2H2,1H3. The van der Waals surface area contributed by atoms with Gasteiger partial charge in [0, 0.05) is 10.2 Å². The van der Waals surface area contributed by atoms with Crippen LogP contribution in [0.4, 0.5) is 10.1 Å². The molecule has 0 aliphatic rings. The van der Waals surface area contributed by atoms with Crippen LogP contribution in [-0.4, -0.2) is 4.98 Å². The summed E-state index contributed by atoms with van der Waals surface area (Å²) in [5.41, 5.74) is 0.168. The van der Waals surface area contributed by atoms with Crippen molar-refractivity contribution in [3.63, 3.8) is 0 Å². The number of halogens is 3. The van der Waals surface area contributed by atoms with Crippen LogP contribution in [0.15, 0.2) is 41.0 Å². The third-order valence-corrected chi connectivity index (χ3v) is 4.38. The van der Waals surface area contributed by atoms with Crippen LogP contribution in [0.25, 0.3) is 0 Å². The topological polar surface area (TPSA) is 48.7 Å². The highest BCUT2D eigenvalue weighted by molar-refractivity contribution is 9.10. The van der Waals surface area contributed by atoms with E-state index in [9.17, 15) is 9.65 Å². The van der Waals surface area contributed by atoms with Crippen molar-refractivity contribution >= 4 is 33.2 Å². The summed E-state index contributed by atoms with van der Waals surface area (Å²) in [6.07, 6.45) is 1.58. The monoisotopic (exact) mass is 367 g/mol. The Bertz CT molecular complexity index is 684. The Hall–Kier alpha value is -1.64. The molecule has 0 aliphatic heterocycles. The van der Waals surface area contributed by atoms with Gasteiger partial charge in [0.2, 0.25) is 0 Å². The van der Waals surface area contributed by atoms with Gasteiger partial charge in [-0.25, -0.2) is 4.39 Å². The highest BCUT2D eigenvalue weighted by Gasteiger charge is 2.32. The fourth-order valence-corrected chi connectivity index (χ4v) is 2.44. The van der Waals surface area contributed by atoms with Gasteiger partial charge in [-0.05, 0) is 52.7 Å². The molecule has 1 atom stereocenters. The average molecular weight is 369 g/mol. The van der Waals surface area contributed by atoms with E-state index in [1.54, 1.807) is 18.2 Å². The lowest BCUT2D eigenvalue weighted by Crippen LogP contribution is -2.34. The van der Waals surface area contributed by atoms with Gasteiger partial charge in [-0.2, -0.15) is 5.26 Å². The van der Waals surface area contributed by atoms with Crippen molar-refractivity contribution in [2.45, 2.75) is 18.9 Å². The average Bonchev–Trinajstić information content (AvgIpc) is 2.49. The van der Waals surface area contributed by atoms with Crippen LogP contribution in [0.5, 0.6) is 0 Å². The molecule has 0 fully saturated rings. The fourth-order valence-electron chi connectivity index (χ4n) is 1.95. The summed E-state index contributed by atoms with van der Waals surface area (Å²) < 4.78 is 13.7. The van der Waals surface area contributed by atoms with Crippen LogP contribution in [0.3, 0.4) is 0 Å². The second kappa shape index (κ2) is 6.42. The molecule has 0 saturated heterocycles. The number of hydrogen-bond donors (Lipinski definition) is 1. The number of benzene rings is 1. The predicted molar refractivity (Wildman–Crippen MR) is 84.6 cm³/mol. The third kappa shape index (κ3) is 3.34. The van der Waals surface area contributed by atoms with Crippen LogP contribution in [0, 0.1) is 17.1 Å². The molecular weight excluding hydrogens is 357 g/mol. The molecule has 1 heterocycles. The first-order valence-electron chi connectivity index (χ1n) is 6.27. The molecule has 0 radical (unpaired) electrons. The van der Waals surface area contributed by atoms with Crippen molar-refractivity contribution in [3.05, 3.63) is 57.5 Å². The Morgan fingerprint density at radius 3 is 2.71 bits per heavy atom. The Morgan fingerprint density at radius 1 is 1.43 bits per heavy atom. The van der Waals surface area contributed by atoms with Crippen molar-refractivity contribution in [2.75, 3.05) is 5.32 Å². The molecule has 2 aromatic rings. The lowest BCUT2D eigenvalue weighted by molar-refractivity contribution is 0.571. The van der Waals surface area contributed by atoms with Crippen molar-refractivity contribution in [1.82, 2.24) is 4.98 Å². The van der Waals surface area contributed by atoms with E-state index in [0.717, 1.165) is 16.4 Å². The Morgan fingerprint density at radius 2 is 2.19 bits per heavy atom. The number of nitrogens with zero attached hydrogens (tertiary/aromatic N) is 2. The summed E-state index contributed by atoms with van der Waals surface area (Å²) in [5.74, 6) is -0.434. The highest BCUT2D eigenvalue weighted by Crippen LogP contribution is 2.31. The van der Waals surface area contributed by atoms with Gasteiger partial charge in [0.25, 0.3) is 0 Å². The molecule has 0 bridgehead atoms. The Balaban J connectivity index is 2.40. The summed E-state index contributed by atoms with van der Waals surface area (Å²) in [6, 6.07) is 10.3. The molecule has 1 N–H and O–H groups in total. The highest BCUT2D eigenvalue weighted by atomic mass is 79.9. The van der Waals surface area contributed by atoms with Gasteiger partial charge < -0.3 is 5.32 Å². The molecule has 0 amide bonds. The summed E-state index contributed by atoms with van der Waals surface area (Å²) in [4.78, 5) is 4.03. The minimum Gasteiger partial charge on any atom is -0.362 e. The molecule has 0 saturated carbocycles. The lowest BCUT2D eigenvalue weighted by atomic mass is 9.92. The number of nitrogens with one attached hydrogen (secondary N) is 1. The van der Waals surface area contributed by atoms with Crippen molar-refractivity contribution < 1.29 is 4.39 Å².